The first-order valence-corrected chi connectivity index (χ1v) is 6.43. The van der Waals surface area contributed by atoms with E-state index in [-0.39, 0.29) is 12.9 Å². The molecule has 1 fully saturated rings. The normalized spacial score (nSPS) is 20.6. The molecule has 0 aromatic rings. The number of ether oxygens (including phenoxy) is 4. The van der Waals surface area contributed by atoms with E-state index >= 15 is 0 Å². The Morgan fingerprint density at radius 3 is 2.53 bits per heavy atom. The zero-order valence-corrected chi connectivity index (χ0v) is 10.4. The van der Waals surface area contributed by atoms with Crippen molar-refractivity contribution in [2.24, 2.45) is 0 Å². The highest BCUT2D eigenvalue weighted by Gasteiger charge is 2.13. The Morgan fingerprint density at radius 1 is 1.00 bits per heavy atom. The van der Waals surface area contributed by atoms with Gasteiger partial charge in [0.1, 0.15) is 0 Å². The van der Waals surface area contributed by atoms with Crippen LogP contribution in [0.5, 0.6) is 0 Å². The summed E-state index contributed by atoms with van der Waals surface area (Å²) >= 11 is 0. The zero-order chi connectivity index (χ0) is 12.2. The van der Waals surface area contributed by atoms with Crippen molar-refractivity contribution in [1.82, 2.24) is 0 Å². The highest BCUT2D eigenvalue weighted by atomic mass is 16.7. The van der Waals surface area contributed by atoms with Crippen molar-refractivity contribution >= 4 is 0 Å². The summed E-state index contributed by atoms with van der Waals surface area (Å²) in [4.78, 5) is 0. The van der Waals surface area contributed by atoms with Crippen LogP contribution in [0.15, 0.2) is 0 Å². The molecule has 5 heteroatoms. The standard InChI is InChI=1S/C12H24O5/c13-5-9-15-11-10-14-6-3-8-17-12-4-1-2-7-16-12/h12-13H,1-11H2. The molecule has 1 aliphatic rings. The van der Waals surface area contributed by atoms with Crippen LogP contribution in [-0.2, 0) is 18.9 Å². The third-order valence-corrected chi connectivity index (χ3v) is 2.48. The molecule has 0 spiro atoms. The topological polar surface area (TPSA) is 57.2 Å². The average Bonchev–Trinajstić information content (AvgIpc) is 2.38. The van der Waals surface area contributed by atoms with E-state index in [1.165, 1.54) is 6.42 Å². The van der Waals surface area contributed by atoms with Crippen LogP contribution in [0.2, 0.25) is 0 Å². The highest BCUT2D eigenvalue weighted by molar-refractivity contribution is 4.53. The Kier molecular flexibility index (Phi) is 9.55. The summed E-state index contributed by atoms with van der Waals surface area (Å²) in [6.45, 7) is 3.73. The Morgan fingerprint density at radius 2 is 1.82 bits per heavy atom. The van der Waals surface area contributed by atoms with Crippen LogP contribution in [0.3, 0.4) is 0 Å². The van der Waals surface area contributed by atoms with Gasteiger partial charge in [0, 0.05) is 13.2 Å². The van der Waals surface area contributed by atoms with Gasteiger partial charge in [-0.25, -0.2) is 0 Å². The van der Waals surface area contributed by atoms with E-state index in [1.807, 2.05) is 0 Å². The lowest BCUT2D eigenvalue weighted by Crippen LogP contribution is -2.23. The fourth-order valence-corrected chi connectivity index (χ4v) is 1.60. The predicted molar refractivity (Wildman–Crippen MR) is 62.9 cm³/mol. The minimum Gasteiger partial charge on any atom is -0.394 e. The summed E-state index contributed by atoms with van der Waals surface area (Å²) < 4.78 is 21.4. The number of aliphatic hydroxyl groups excluding tert-OH is 1. The first kappa shape index (κ1) is 14.9. The van der Waals surface area contributed by atoms with Crippen molar-refractivity contribution in [2.45, 2.75) is 32.0 Å². The molecule has 17 heavy (non-hydrogen) atoms. The Bertz CT molecular complexity index is 159. The van der Waals surface area contributed by atoms with Gasteiger partial charge in [-0.2, -0.15) is 0 Å². The molecule has 0 aliphatic carbocycles. The summed E-state index contributed by atoms with van der Waals surface area (Å²) in [5.74, 6) is 0. The van der Waals surface area contributed by atoms with Crippen LogP contribution in [0, 0.1) is 0 Å². The van der Waals surface area contributed by atoms with E-state index in [4.69, 9.17) is 24.1 Å². The fraction of sp³-hybridized carbons (Fsp3) is 1.00. The van der Waals surface area contributed by atoms with Gasteiger partial charge in [0.15, 0.2) is 6.29 Å². The number of hydrogen-bond acceptors (Lipinski definition) is 5. The van der Waals surface area contributed by atoms with Crippen LogP contribution in [0.25, 0.3) is 0 Å². The van der Waals surface area contributed by atoms with Crippen molar-refractivity contribution in [3.05, 3.63) is 0 Å². The summed E-state index contributed by atoms with van der Waals surface area (Å²) in [7, 11) is 0. The lowest BCUT2D eigenvalue weighted by atomic mass is 10.2. The molecule has 1 saturated heterocycles. The van der Waals surface area contributed by atoms with Crippen LogP contribution >= 0.6 is 0 Å². The smallest absolute Gasteiger partial charge is 0.157 e. The monoisotopic (exact) mass is 248 g/mol. The molecule has 0 radical (unpaired) electrons. The van der Waals surface area contributed by atoms with Gasteiger partial charge < -0.3 is 24.1 Å². The molecule has 1 N–H and O–H groups in total. The van der Waals surface area contributed by atoms with Crippen molar-refractivity contribution in [3.63, 3.8) is 0 Å². The van der Waals surface area contributed by atoms with E-state index in [1.54, 1.807) is 0 Å². The van der Waals surface area contributed by atoms with Crippen LogP contribution < -0.4 is 0 Å². The maximum Gasteiger partial charge on any atom is 0.157 e. The molecule has 102 valence electrons. The second-order valence-electron chi connectivity index (χ2n) is 3.97. The van der Waals surface area contributed by atoms with Crippen molar-refractivity contribution in [1.29, 1.82) is 0 Å². The van der Waals surface area contributed by atoms with Gasteiger partial charge in [-0.05, 0) is 25.7 Å². The molecule has 0 amide bonds. The van der Waals surface area contributed by atoms with Crippen LogP contribution in [0.1, 0.15) is 25.7 Å². The van der Waals surface area contributed by atoms with Gasteiger partial charge in [-0.3, -0.25) is 0 Å². The Labute approximate surface area is 103 Å². The van der Waals surface area contributed by atoms with Gasteiger partial charge in [0.25, 0.3) is 0 Å². The molecule has 5 nitrogen and oxygen atoms in total. The highest BCUT2D eigenvalue weighted by Crippen LogP contribution is 2.13. The van der Waals surface area contributed by atoms with Crippen molar-refractivity contribution in [3.8, 4) is 0 Å². The first-order chi connectivity index (χ1) is 8.43. The lowest BCUT2D eigenvalue weighted by molar-refractivity contribution is -0.164. The summed E-state index contributed by atoms with van der Waals surface area (Å²) in [5.41, 5.74) is 0. The van der Waals surface area contributed by atoms with Gasteiger partial charge in [0.2, 0.25) is 0 Å². The largest absolute Gasteiger partial charge is 0.394 e. The molecular weight excluding hydrogens is 224 g/mol. The maximum atomic E-state index is 8.47. The third kappa shape index (κ3) is 8.51. The molecule has 1 heterocycles. The van der Waals surface area contributed by atoms with Gasteiger partial charge in [-0.1, -0.05) is 0 Å². The van der Waals surface area contributed by atoms with E-state index in [9.17, 15) is 0 Å². The second kappa shape index (κ2) is 10.9. The van der Waals surface area contributed by atoms with E-state index in [0.717, 1.165) is 25.9 Å². The van der Waals surface area contributed by atoms with E-state index in [0.29, 0.717) is 33.0 Å². The van der Waals surface area contributed by atoms with E-state index in [2.05, 4.69) is 0 Å². The van der Waals surface area contributed by atoms with Crippen molar-refractivity contribution in [2.75, 3.05) is 46.2 Å². The molecular formula is C12H24O5. The molecule has 0 aromatic carbocycles. The van der Waals surface area contributed by atoms with Gasteiger partial charge >= 0.3 is 0 Å². The lowest BCUT2D eigenvalue weighted by Gasteiger charge is -2.22. The third-order valence-electron chi connectivity index (χ3n) is 2.48. The number of aliphatic hydroxyl groups is 1. The molecule has 0 bridgehead atoms. The van der Waals surface area contributed by atoms with Crippen LogP contribution in [0.4, 0.5) is 0 Å². The number of hydrogen-bond donors (Lipinski definition) is 1. The Hall–Kier alpha value is -0.200. The predicted octanol–water partition coefficient (Wildman–Crippen LogP) is 0.945. The zero-order valence-electron chi connectivity index (χ0n) is 10.4. The first-order valence-electron chi connectivity index (χ1n) is 6.43. The minimum atomic E-state index is -0.00311. The van der Waals surface area contributed by atoms with Crippen molar-refractivity contribution < 1.29 is 24.1 Å². The van der Waals surface area contributed by atoms with Gasteiger partial charge in [-0.15, -0.1) is 0 Å². The fourth-order valence-electron chi connectivity index (χ4n) is 1.60. The minimum absolute atomic E-state index is 0.00311. The molecule has 0 saturated carbocycles. The maximum absolute atomic E-state index is 8.47. The summed E-state index contributed by atoms with van der Waals surface area (Å²) in [6.07, 6.45) is 4.23. The Balaban J connectivity index is 1.75. The SMILES string of the molecule is OCCOCCOCCCOC1CCCCO1. The summed E-state index contributed by atoms with van der Waals surface area (Å²) in [5, 5.41) is 8.47. The average molecular weight is 248 g/mol. The molecule has 1 rings (SSSR count). The molecule has 0 aromatic heterocycles. The number of rotatable bonds is 10. The van der Waals surface area contributed by atoms with Gasteiger partial charge in [0.05, 0.1) is 33.0 Å². The quantitative estimate of drug-likeness (QED) is 0.583. The summed E-state index contributed by atoms with van der Waals surface area (Å²) in [6, 6.07) is 0. The molecule has 1 unspecified atom stereocenters. The molecule has 1 atom stereocenters. The molecule has 1 aliphatic heterocycles. The van der Waals surface area contributed by atoms with Crippen LogP contribution in [-0.4, -0.2) is 57.6 Å². The van der Waals surface area contributed by atoms with E-state index < -0.39 is 0 Å². The second-order valence-corrected chi connectivity index (χ2v) is 3.97.